The fourth-order valence-electron chi connectivity index (χ4n) is 6.52. The molecule has 0 radical (unpaired) electrons. The molecule has 0 atom stereocenters. The van der Waals surface area contributed by atoms with Crippen molar-refractivity contribution in [3.05, 3.63) is 146 Å². The van der Waals surface area contributed by atoms with Crippen molar-refractivity contribution in [2.75, 3.05) is 0 Å². The number of nitrogens with zero attached hydrogens (tertiary/aromatic N) is 2. The van der Waals surface area contributed by atoms with Crippen LogP contribution < -0.4 is 0 Å². The second-order valence-corrected chi connectivity index (χ2v) is 12.0. The van der Waals surface area contributed by atoms with Crippen LogP contribution in [0.3, 0.4) is 0 Å². The lowest BCUT2D eigenvalue weighted by atomic mass is 9.89. The summed E-state index contributed by atoms with van der Waals surface area (Å²) in [6.07, 6.45) is 0. The topological polar surface area (TPSA) is 25.8 Å². The minimum atomic E-state index is 0.721. The van der Waals surface area contributed by atoms with E-state index in [0.717, 1.165) is 39.5 Å². The van der Waals surface area contributed by atoms with Crippen LogP contribution in [0.2, 0.25) is 0 Å². The van der Waals surface area contributed by atoms with Crippen molar-refractivity contribution >= 4 is 53.1 Å². The van der Waals surface area contributed by atoms with Gasteiger partial charge in [0.1, 0.15) is 0 Å². The highest BCUT2D eigenvalue weighted by molar-refractivity contribution is 7.26. The van der Waals surface area contributed by atoms with Crippen LogP contribution >= 0.6 is 11.3 Å². The third-order valence-corrected chi connectivity index (χ3v) is 9.56. The van der Waals surface area contributed by atoms with E-state index < -0.39 is 0 Å². The summed E-state index contributed by atoms with van der Waals surface area (Å²) < 4.78 is 2.69. The Morgan fingerprint density at radius 2 is 0.884 bits per heavy atom. The number of benzene rings is 7. The predicted octanol–water partition coefficient (Wildman–Crippen LogP) is 11.3. The molecule has 0 saturated heterocycles. The van der Waals surface area contributed by atoms with Crippen LogP contribution in [0.25, 0.3) is 86.7 Å². The third-order valence-electron chi connectivity index (χ3n) is 8.44. The van der Waals surface area contributed by atoms with Crippen LogP contribution in [-0.2, 0) is 0 Å². The Hall–Kier alpha value is -5.38. The second-order valence-electron chi connectivity index (χ2n) is 11.0. The maximum atomic E-state index is 5.09. The molecule has 0 aliphatic carbocycles. The summed E-state index contributed by atoms with van der Waals surface area (Å²) in [7, 11) is 0. The van der Waals surface area contributed by atoms with Gasteiger partial charge in [-0.3, -0.25) is 0 Å². The molecular formula is C40H24N2S. The summed E-state index contributed by atoms with van der Waals surface area (Å²) in [5.74, 6) is 0.721. The van der Waals surface area contributed by atoms with E-state index in [1.807, 2.05) is 23.5 Å². The average Bonchev–Trinajstić information content (AvgIpc) is 3.48. The monoisotopic (exact) mass is 564 g/mol. The molecule has 0 spiro atoms. The van der Waals surface area contributed by atoms with Crippen molar-refractivity contribution < 1.29 is 0 Å². The first-order valence-electron chi connectivity index (χ1n) is 14.5. The number of aromatic nitrogens is 2. The zero-order valence-electron chi connectivity index (χ0n) is 23.2. The molecule has 7 aromatic carbocycles. The quantitative estimate of drug-likeness (QED) is 0.199. The Morgan fingerprint density at radius 1 is 0.372 bits per heavy atom. The SMILES string of the molecule is c1ccc(-c2cc(-c3ccccc3)nc(-c3cccc(-c4cccc5c6cccc7sc8cccc(c45)c8c76)c3)n2)cc1. The minimum Gasteiger partial charge on any atom is -0.228 e. The summed E-state index contributed by atoms with van der Waals surface area (Å²) in [4.78, 5) is 10.2. The van der Waals surface area contributed by atoms with Gasteiger partial charge in [0.25, 0.3) is 0 Å². The van der Waals surface area contributed by atoms with Gasteiger partial charge in [0.2, 0.25) is 0 Å². The lowest BCUT2D eigenvalue weighted by Crippen LogP contribution is -1.96. The van der Waals surface area contributed by atoms with Gasteiger partial charge in [-0.05, 0) is 56.9 Å². The van der Waals surface area contributed by atoms with Crippen molar-refractivity contribution in [1.29, 1.82) is 0 Å². The number of thiophene rings is 1. The van der Waals surface area contributed by atoms with E-state index >= 15 is 0 Å². The fraction of sp³-hybridized carbons (Fsp3) is 0. The molecule has 0 bridgehead atoms. The zero-order valence-corrected chi connectivity index (χ0v) is 24.0. The van der Waals surface area contributed by atoms with Crippen molar-refractivity contribution in [2.45, 2.75) is 0 Å². The molecule has 9 rings (SSSR count). The van der Waals surface area contributed by atoms with Crippen LogP contribution in [-0.4, -0.2) is 9.97 Å². The van der Waals surface area contributed by atoms with E-state index in [9.17, 15) is 0 Å². The van der Waals surface area contributed by atoms with E-state index in [1.54, 1.807) is 0 Å². The Labute approximate surface area is 252 Å². The highest BCUT2D eigenvalue weighted by Gasteiger charge is 2.18. The average molecular weight is 565 g/mol. The van der Waals surface area contributed by atoms with Gasteiger partial charge in [0.15, 0.2) is 5.82 Å². The molecule has 200 valence electrons. The van der Waals surface area contributed by atoms with E-state index in [0.29, 0.717) is 0 Å². The molecule has 2 heterocycles. The molecular weight excluding hydrogens is 541 g/mol. The number of hydrogen-bond acceptors (Lipinski definition) is 3. The van der Waals surface area contributed by atoms with Gasteiger partial charge in [-0.2, -0.15) is 0 Å². The molecule has 0 aliphatic rings. The van der Waals surface area contributed by atoms with E-state index in [2.05, 4.69) is 133 Å². The molecule has 0 N–H and O–H groups in total. The molecule has 3 heteroatoms. The fourth-order valence-corrected chi connectivity index (χ4v) is 7.68. The Morgan fingerprint density at radius 3 is 1.56 bits per heavy atom. The van der Waals surface area contributed by atoms with Gasteiger partial charge >= 0.3 is 0 Å². The minimum absolute atomic E-state index is 0.721. The van der Waals surface area contributed by atoms with Gasteiger partial charge in [-0.25, -0.2) is 9.97 Å². The van der Waals surface area contributed by atoms with Gasteiger partial charge in [0.05, 0.1) is 11.4 Å². The highest BCUT2D eigenvalue weighted by atomic mass is 32.1. The van der Waals surface area contributed by atoms with E-state index in [-0.39, 0.29) is 0 Å². The van der Waals surface area contributed by atoms with Crippen molar-refractivity contribution in [3.63, 3.8) is 0 Å². The summed E-state index contributed by atoms with van der Waals surface area (Å²) in [5, 5.41) is 7.99. The molecule has 43 heavy (non-hydrogen) atoms. The van der Waals surface area contributed by atoms with Crippen LogP contribution in [0.5, 0.6) is 0 Å². The van der Waals surface area contributed by atoms with Crippen molar-refractivity contribution in [2.24, 2.45) is 0 Å². The third kappa shape index (κ3) is 3.86. The lowest BCUT2D eigenvalue weighted by Gasteiger charge is -2.14. The molecule has 2 aromatic heterocycles. The first kappa shape index (κ1) is 24.2. The van der Waals surface area contributed by atoms with Crippen LogP contribution in [0.1, 0.15) is 0 Å². The van der Waals surface area contributed by atoms with Gasteiger partial charge in [0, 0.05) is 36.9 Å². The number of fused-ring (bicyclic) bond motifs is 3. The Balaban J connectivity index is 1.28. The van der Waals surface area contributed by atoms with Gasteiger partial charge in [-0.1, -0.05) is 121 Å². The molecule has 9 aromatic rings. The highest BCUT2D eigenvalue weighted by Crippen LogP contribution is 2.47. The molecule has 0 unspecified atom stereocenters. The second kappa shape index (κ2) is 9.59. The predicted molar refractivity (Wildman–Crippen MR) is 183 cm³/mol. The maximum absolute atomic E-state index is 5.09. The largest absolute Gasteiger partial charge is 0.228 e. The van der Waals surface area contributed by atoms with Crippen LogP contribution in [0.15, 0.2) is 146 Å². The lowest BCUT2D eigenvalue weighted by molar-refractivity contribution is 1.18. The van der Waals surface area contributed by atoms with Crippen LogP contribution in [0.4, 0.5) is 0 Å². The summed E-state index contributed by atoms with van der Waals surface area (Å²) in [6, 6.07) is 51.7. The number of hydrogen-bond donors (Lipinski definition) is 0. The normalized spacial score (nSPS) is 11.7. The maximum Gasteiger partial charge on any atom is 0.160 e. The smallest absolute Gasteiger partial charge is 0.160 e. The van der Waals surface area contributed by atoms with Crippen molar-refractivity contribution in [1.82, 2.24) is 9.97 Å². The van der Waals surface area contributed by atoms with Gasteiger partial charge in [-0.15, -0.1) is 11.3 Å². The number of rotatable bonds is 4. The summed E-state index contributed by atoms with van der Waals surface area (Å²) >= 11 is 1.88. The van der Waals surface area contributed by atoms with Crippen LogP contribution in [0, 0.1) is 0 Å². The van der Waals surface area contributed by atoms with E-state index in [1.165, 1.54) is 47.3 Å². The molecule has 0 saturated carbocycles. The summed E-state index contributed by atoms with van der Waals surface area (Å²) in [5.41, 5.74) is 7.36. The first-order chi connectivity index (χ1) is 21.3. The molecule has 2 nitrogen and oxygen atoms in total. The molecule has 0 aliphatic heterocycles. The van der Waals surface area contributed by atoms with Crippen molar-refractivity contribution in [3.8, 4) is 45.0 Å². The zero-order chi connectivity index (χ0) is 28.3. The van der Waals surface area contributed by atoms with Gasteiger partial charge < -0.3 is 0 Å². The molecule has 0 fully saturated rings. The first-order valence-corrected chi connectivity index (χ1v) is 15.3. The standard InChI is InChI=1S/C40H24N2S/c1-3-11-25(12-4-1)33-24-34(26-13-5-2-6-14-26)42-40(41-33)28-16-7-15-27(23-28)29-17-8-18-30-31-19-9-21-35-38(31)39-32(37(29)30)20-10-22-36(39)43-35/h1-24H. The Kier molecular flexibility index (Phi) is 5.40. The summed E-state index contributed by atoms with van der Waals surface area (Å²) in [6.45, 7) is 0. The Bertz CT molecular complexity index is 2380. The van der Waals surface area contributed by atoms with E-state index in [4.69, 9.17) is 9.97 Å². The molecule has 0 amide bonds.